The highest BCUT2D eigenvalue weighted by atomic mass is 35.5. The van der Waals surface area contributed by atoms with Crippen LogP contribution in [0.5, 0.6) is 0 Å². The van der Waals surface area contributed by atoms with Crippen LogP contribution in [0.2, 0.25) is 0 Å². The molecule has 6 nitrogen and oxygen atoms in total. The summed E-state index contributed by atoms with van der Waals surface area (Å²) in [6.45, 7) is 2.77. The molecule has 1 aromatic rings. The van der Waals surface area contributed by atoms with E-state index in [1.807, 2.05) is 0 Å². The standard InChI is InChI=1S/C21H28FN3O3.ClH/c22-17-7-5-16(6-8-17)19(26)9-10-20(27)25-12-2-3-15(14-25)13-24-21(28)18-4-1-11-23-18;/h5-8,15,18,23H,1-4,9-14H2,(H,24,28);1H. The van der Waals surface area contributed by atoms with E-state index in [4.69, 9.17) is 0 Å². The maximum Gasteiger partial charge on any atom is 0.237 e. The van der Waals surface area contributed by atoms with Gasteiger partial charge in [0.15, 0.2) is 5.78 Å². The van der Waals surface area contributed by atoms with Gasteiger partial charge in [-0.25, -0.2) is 4.39 Å². The Morgan fingerprint density at radius 1 is 1.10 bits per heavy atom. The predicted molar refractivity (Wildman–Crippen MR) is 111 cm³/mol. The van der Waals surface area contributed by atoms with E-state index in [2.05, 4.69) is 10.6 Å². The summed E-state index contributed by atoms with van der Waals surface area (Å²) >= 11 is 0. The van der Waals surface area contributed by atoms with Gasteiger partial charge in [-0.15, -0.1) is 12.4 Å². The predicted octanol–water partition coefficient (Wildman–Crippen LogP) is 2.32. The molecule has 0 spiro atoms. The van der Waals surface area contributed by atoms with Crippen LogP contribution in [-0.4, -0.2) is 54.7 Å². The molecule has 2 fully saturated rings. The second-order valence-corrected chi connectivity index (χ2v) is 7.67. The maximum atomic E-state index is 12.9. The Kier molecular flexibility index (Phi) is 9.04. The molecular weight excluding hydrogens is 397 g/mol. The van der Waals surface area contributed by atoms with Crippen LogP contribution in [0.1, 0.15) is 48.9 Å². The summed E-state index contributed by atoms with van der Waals surface area (Å²) in [5.41, 5.74) is 0.425. The Balaban J connectivity index is 0.00000300. The van der Waals surface area contributed by atoms with E-state index in [-0.39, 0.29) is 60.6 Å². The fraction of sp³-hybridized carbons (Fsp3) is 0.571. The lowest BCUT2D eigenvalue weighted by atomic mass is 9.97. The van der Waals surface area contributed by atoms with Gasteiger partial charge >= 0.3 is 0 Å². The summed E-state index contributed by atoms with van der Waals surface area (Å²) < 4.78 is 12.9. The lowest BCUT2D eigenvalue weighted by Crippen LogP contribution is -2.46. The summed E-state index contributed by atoms with van der Waals surface area (Å²) in [5, 5.41) is 6.19. The lowest BCUT2D eigenvalue weighted by Gasteiger charge is -2.33. The quantitative estimate of drug-likeness (QED) is 0.657. The van der Waals surface area contributed by atoms with E-state index in [1.54, 1.807) is 4.90 Å². The molecule has 2 heterocycles. The number of carbonyl (C=O) groups excluding carboxylic acids is 3. The lowest BCUT2D eigenvalue weighted by molar-refractivity contribution is -0.132. The smallest absolute Gasteiger partial charge is 0.237 e. The molecule has 0 saturated carbocycles. The summed E-state index contributed by atoms with van der Waals surface area (Å²) in [5.74, 6) is -0.285. The third-order valence-corrected chi connectivity index (χ3v) is 5.55. The van der Waals surface area contributed by atoms with Crippen molar-refractivity contribution in [3.63, 3.8) is 0 Å². The number of Topliss-reactive ketones (excluding diaryl/α,β-unsaturated/α-hetero) is 1. The number of nitrogens with zero attached hydrogens (tertiary/aromatic N) is 1. The minimum Gasteiger partial charge on any atom is -0.354 e. The number of amides is 2. The van der Waals surface area contributed by atoms with Crippen LogP contribution in [0.25, 0.3) is 0 Å². The Hall–Kier alpha value is -1.99. The molecule has 1 aromatic carbocycles. The van der Waals surface area contributed by atoms with Crippen LogP contribution < -0.4 is 10.6 Å². The van der Waals surface area contributed by atoms with Crippen molar-refractivity contribution in [2.24, 2.45) is 5.92 Å². The number of ketones is 1. The highest BCUT2D eigenvalue weighted by molar-refractivity contribution is 5.97. The summed E-state index contributed by atoms with van der Waals surface area (Å²) in [6.07, 6.45) is 4.07. The second-order valence-electron chi connectivity index (χ2n) is 7.67. The molecule has 2 unspecified atom stereocenters. The largest absolute Gasteiger partial charge is 0.354 e. The first-order chi connectivity index (χ1) is 13.5. The van der Waals surface area contributed by atoms with Gasteiger partial charge in [-0.05, 0) is 62.4 Å². The van der Waals surface area contributed by atoms with Gasteiger partial charge in [0, 0.05) is 38.0 Å². The molecule has 8 heteroatoms. The molecular formula is C21H29ClFN3O3. The Morgan fingerprint density at radius 3 is 2.55 bits per heavy atom. The molecule has 0 radical (unpaired) electrons. The normalized spacial score (nSPS) is 21.3. The van der Waals surface area contributed by atoms with Crippen molar-refractivity contribution >= 4 is 30.0 Å². The number of hydrogen-bond acceptors (Lipinski definition) is 4. The van der Waals surface area contributed by atoms with Gasteiger partial charge in [0.2, 0.25) is 11.8 Å². The van der Waals surface area contributed by atoms with Crippen LogP contribution in [0.15, 0.2) is 24.3 Å². The molecule has 3 rings (SSSR count). The minimum atomic E-state index is -0.386. The zero-order valence-corrected chi connectivity index (χ0v) is 17.3. The van der Waals surface area contributed by atoms with Crippen molar-refractivity contribution in [2.75, 3.05) is 26.2 Å². The molecule has 0 bridgehead atoms. The average molecular weight is 426 g/mol. The number of benzene rings is 1. The van der Waals surface area contributed by atoms with Crippen molar-refractivity contribution in [1.82, 2.24) is 15.5 Å². The van der Waals surface area contributed by atoms with Crippen molar-refractivity contribution < 1.29 is 18.8 Å². The number of halogens is 2. The summed E-state index contributed by atoms with van der Waals surface area (Å²) in [4.78, 5) is 38.6. The zero-order chi connectivity index (χ0) is 19.9. The van der Waals surface area contributed by atoms with Crippen LogP contribution in [0, 0.1) is 11.7 Å². The van der Waals surface area contributed by atoms with E-state index in [0.717, 1.165) is 32.2 Å². The highest BCUT2D eigenvalue weighted by Crippen LogP contribution is 2.18. The molecule has 0 aromatic heterocycles. The first kappa shape index (κ1) is 23.3. The van der Waals surface area contributed by atoms with Gasteiger partial charge in [-0.2, -0.15) is 0 Å². The second kappa shape index (κ2) is 11.3. The molecule has 2 atom stereocenters. The van der Waals surface area contributed by atoms with E-state index in [1.165, 1.54) is 24.3 Å². The third-order valence-electron chi connectivity index (χ3n) is 5.55. The van der Waals surface area contributed by atoms with E-state index < -0.39 is 0 Å². The molecule has 2 N–H and O–H groups in total. The van der Waals surface area contributed by atoms with Crippen molar-refractivity contribution in [1.29, 1.82) is 0 Å². The molecule has 2 aliphatic rings. The first-order valence-electron chi connectivity index (χ1n) is 10.1. The van der Waals surface area contributed by atoms with Gasteiger partial charge in [-0.3, -0.25) is 14.4 Å². The van der Waals surface area contributed by atoms with E-state index >= 15 is 0 Å². The van der Waals surface area contributed by atoms with Gasteiger partial charge in [0.1, 0.15) is 5.82 Å². The van der Waals surface area contributed by atoms with Gasteiger partial charge in [0.25, 0.3) is 0 Å². The molecule has 0 aliphatic carbocycles. The Bertz CT molecular complexity index is 708. The van der Waals surface area contributed by atoms with Crippen molar-refractivity contribution in [3.05, 3.63) is 35.6 Å². The van der Waals surface area contributed by atoms with E-state index in [0.29, 0.717) is 25.2 Å². The number of likely N-dealkylation sites (tertiary alicyclic amines) is 1. The van der Waals surface area contributed by atoms with Crippen LogP contribution in [-0.2, 0) is 9.59 Å². The number of carbonyl (C=O) groups is 3. The molecule has 160 valence electrons. The fourth-order valence-corrected chi connectivity index (χ4v) is 3.89. The first-order valence-corrected chi connectivity index (χ1v) is 10.1. The SMILES string of the molecule is Cl.O=C(CCC(=O)N1CCCC(CNC(=O)C2CCCN2)C1)c1ccc(F)cc1. The average Bonchev–Trinajstić information content (AvgIpc) is 3.26. The number of nitrogens with one attached hydrogen (secondary N) is 2. The summed E-state index contributed by atoms with van der Waals surface area (Å²) in [7, 11) is 0. The fourth-order valence-electron chi connectivity index (χ4n) is 3.89. The van der Waals surface area contributed by atoms with E-state index in [9.17, 15) is 18.8 Å². The van der Waals surface area contributed by atoms with Crippen LogP contribution >= 0.6 is 12.4 Å². The van der Waals surface area contributed by atoms with Crippen molar-refractivity contribution in [3.8, 4) is 0 Å². The summed E-state index contributed by atoms with van der Waals surface area (Å²) in [6, 6.07) is 5.31. The molecule has 2 saturated heterocycles. The monoisotopic (exact) mass is 425 g/mol. The highest BCUT2D eigenvalue weighted by Gasteiger charge is 2.26. The maximum absolute atomic E-state index is 12.9. The number of hydrogen-bond donors (Lipinski definition) is 2. The van der Waals surface area contributed by atoms with Gasteiger partial charge in [0.05, 0.1) is 6.04 Å². The van der Waals surface area contributed by atoms with Crippen LogP contribution in [0.3, 0.4) is 0 Å². The van der Waals surface area contributed by atoms with Gasteiger partial charge in [-0.1, -0.05) is 0 Å². The third kappa shape index (κ3) is 6.78. The Morgan fingerprint density at radius 2 is 1.86 bits per heavy atom. The van der Waals surface area contributed by atoms with Gasteiger partial charge < -0.3 is 15.5 Å². The minimum absolute atomic E-state index is 0. The Labute approximate surface area is 177 Å². The molecule has 2 amide bonds. The molecule has 29 heavy (non-hydrogen) atoms. The number of rotatable bonds is 7. The number of piperidine rings is 1. The molecule has 2 aliphatic heterocycles. The zero-order valence-electron chi connectivity index (χ0n) is 16.5. The topological polar surface area (TPSA) is 78.5 Å². The van der Waals surface area contributed by atoms with Crippen molar-refractivity contribution in [2.45, 2.75) is 44.6 Å². The van der Waals surface area contributed by atoms with Crippen LogP contribution in [0.4, 0.5) is 4.39 Å².